The van der Waals surface area contributed by atoms with E-state index < -0.39 is 0 Å². The first kappa shape index (κ1) is 13.4. The molecule has 2 rings (SSSR count). The van der Waals surface area contributed by atoms with E-state index in [1.54, 1.807) is 0 Å². The second-order valence-electron chi connectivity index (χ2n) is 7.11. The van der Waals surface area contributed by atoms with Crippen molar-refractivity contribution in [3.05, 3.63) is 0 Å². The second-order valence-corrected chi connectivity index (χ2v) is 7.11. The van der Waals surface area contributed by atoms with Crippen LogP contribution in [0.15, 0.2) is 0 Å². The van der Waals surface area contributed by atoms with Crippen LogP contribution in [-0.2, 0) is 4.74 Å². The van der Waals surface area contributed by atoms with E-state index in [0.717, 1.165) is 25.0 Å². The highest BCUT2D eigenvalue weighted by Gasteiger charge is 2.66. The van der Waals surface area contributed by atoms with Gasteiger partial charge >= 0.3 is 0 Å². The summed E-state index contributed by atoms with van der Waals surface area (Å²) in [6.07, 6.45) is 3.84. The third-order valence-corrected chi connectivity index (χ3v) is 5.83. The summed E-state index contributed by atoms with van der Waals surface area (Å²) in [5.41, 5.74) is 0.984. The summed E-state index contributed by atoms with van der Waals surface area (Å²) in [5.74, 6) is 1.69. The molecular weight excluding hydrogens is 210 g/mol. The van der Waals surface area contributed by atoms with E-state index in [1.807, 2.05) is 0 Å². The molecule has 0 aromatic heterocycles. The van der Waals surface area contributed by atoms with Crippen LogP contribution in [-0.4, -0.2) is 26.3 Å². The minimum Gasteiger partial charge on any atom is -0.381 e. The molecule has 2 aliphatic rings. The highest BCUT2D eigenvalue weighted by Crippen LogP contribution is 2.70. The topological polar surface area (TPSA) is 21.3 Å². The fourth-order valence-electron chi connectivity index (χ4n) is 4.02. The Hall–Kier alpha value is -0.0800. The maximum absolute atomic E-state index is 5.45. The normalized spacial score (nSPS) is 30.2. The number of ether oxygens (including phenoxy) is 1. The van der Waals surface area contributed by atoms with Crippen LogP contribution in [0.3, 0.4) is 0 Å². The average molecular weight is 239 g/mol. The van der Waals surface area contributed by atoms with Crippen LogP contribution >= 0.6 is 0 Å². The molecule has 1 unspecified atom stereocenters. The van der Waals surface area contributed by atoms with Gasteiger partial charge in [-0.25, -0.2) is 0 Å². The van der Waals surface area contributed by atoms with Crippen molar-refractivity contribution in [2.24, 2.45) is 22.7 Å². The van der Waals surface area contributed by atoms with Crippen LogP contribution in [0.4, 0.5) is 0 Å². The number of hydrogen-bond donors (Lipinski definition) is 1. The second kappa shape index (κ2) is 4.55. The van der Waals surface area contributed by atoms with Crippen molar-refractivity contribution in [3.63, 3.8) is 0 Å². The summed E-state index contributed by atoms with van der Waals surface area (Å²) in [6.45, 7) is 11.6. The summed E-state index contributed by atoms with van der Waals surface area (Å²) in [6, 6.07) is 0.683. The predicted octanol–water partition coefficient (Wildman–Crippen LogP) is 3.07. The average Bonchev–Trinajstić information content (AvgIpc) is 2.68. The minimum atomic E-state index is 0.492. The summed E-state index contributed by atoms with van der Waals surface area (Å²) in [4.78, 5) is 0. The molecule has 0 bridgehead atoms. The molecule has 2 fully saturated rings. The summed E-state index contributed by atoms with van der Waals surface area (Å²) < 4.78 is 5.45. The first-order chi connectivity index (χ1) is 7.91. The first-order valence-electron chi connectivity index (χ1n) is 7.16. The van der Waals surface area contributed by atoms with Gasteiger partial charge in [0.2, 0.25) is 0 Å². The molecule has 1 atom stereocenters. The predicted molar refractivity (Wildman–Crippen MR) is 72.1 cm³/mol. The van der Waals surface area contributed by atoms with Gasteiger partial charge in [0.1, 0.15) is 0 Å². The highest BCUT2D eigenvalue weighted by molar-refractivity contribution is 5.16. The lowest BCUT2D eigenvalue weighted by Gasteiger charge is -2.27. The zero-order chi connectivity index (χ0) is 12.7. The number of rotatable bonds is 4. The molecular formula is C15H29NO. The van der Waals surface area contributed by atoms with Crippen molar-refractivity contribution in [3.8, 4) is 0 Å². The molecule has 1 aliphatic heterocycles. The molecule has 1 heterocycles. The van der Waals surface area contributed by atoms with Gasteiger partial charge in [0, 0.05) is 19.3 Å². The van der Waals surface area contributed by atoms with Gasteiger partial charge in [0.15, 0.2) is 0 Å². The number of nitrogens with one attached hydrogen (secondary N) is 1. The zero-order valence-corrected chi connectivity index (χ0v) is 12.2. The van der Waals surface area contributed by atoms with Gasteiger partial charge in [-0.3, -0.25) is 0 Å². The lowest BCUT2D eigenvalue weighted by atomic mass is 9.88. The molecule has 1 aliphatic carbocycles. The molecule has 1 N–H and O–H groups in total. The van der Waals surface area contributed by atoms with Gasteiger partial charge in [-0.2, -0.15) is 0 Å². The molecule has 17 heavy (non-hydrogen) atoms. The largest absolute Gasteiger partial charge is 0.381 e. The molecule has 2 heteroatoms. The van der Waals surface area contributed by atoms with Crippen molar-refractivity contribution in [1.29, 1.82) is 0 Å². The lowest BCUT2D eigenvalue weighted by Crippen LogP contribution is -2.34. The molecule has 0 spiro atoms. The molecule has 2 nitrogen and oxygen atoms in total. The van der Waals surface area contributed by atoms with Crippen LogP contribution in [0.25, 0.3) is 0 Å². The SMILES string of the molecule is CNC(CC1CCOCC1)C1C(C)(C)C1(C)C. The Balaban J connectivity index is 1.94. The van der Waals surface area contributed by atoms with E-state index in [0.29, 0.717) is 16.9 Å². The van der Waals surface area contributed by atoms with Gasteiger partial charge in [0.25, 0.3) is 0 Å². The summed E-state index contributed by atoms with van der Waals surface area (Å²) >= 11 is 0. The van der Waals surface area contributed by atoms with E-state index in [-0.39, 0.29) is 0 Å². The van der Waals surface area contributed by atoms with E-state index in [9.17, 15) is 0 Å². The van der Waals surface area contributed by atoms with Crippen LogP contribution in [0.2, 0.25) is 0 Å². The zero-order valence-electron chi connectivity index (χ0n) is 12.2. The van der Waals surface area contributed by atoms with Crippen molar-refractivity contribution < 1.29 is 4.74 Å². The quantitative estimate of drug-likeness (QED) is 0.814. The van der Waals surface area contributed by atoms with E-state index in [2.05, 4.69) is 40.1 Å². The van der Waals surface area contributed by atoms with Crippen molar-refractivity contribution in [2.45, 2.75) is 53.0 Å². The Morgan fingerprint density at radius 1 is 1.12 bits per heavy atom. The maximum atomic E-state index is 5.45. The van der Waals surface area contributed by atoms with Crippen LogP contribution in [0.1, 0.15) is 47.0 Å². The highest BCUT2D eigenvalue weighted by atomic mass is 16.5. The Morgan fingerprint density at radius 3 is 2.06 bits per heavy atom. The molecule has 100 valence electrons. The Kier molecular flexibility index (Phi) is 3.57. The molecule has 0 radical (unpaired) electrons. The third-order valence-electron chi connectivity index (χ3n) is 5.83. The van der Waals surface area contributed by atoms with Gasteiger partial charge in [-0.1, -0.05) is 27.7 Å². The van der Waals surface area contributed by atoms with Crippen LogP contribution in [0.5, 0.6) is 0 Å². The van der Waals surface area contributed by atoms with Crippen LogP contribution < -0.4 is 5.32 Å². The molecule has 1 saturated carbocycles. The van der Waals surface area contributed by atoms with Crippen molar-refractivity contribution >= 4 is 0 Å². The number of hydrogen-bond acceptors (Lipinski definition) is 2. The third kappa shape index (κ3) is 2.26. The Labute approximate surface area is 107 Å². The van der Waals surface area contributed by atoms with Gasteiger partial charge in [-0.15, -0.1) is 0 Å². The molecule has 0 aromatic carbocycles. The molecule has 1 saturated heterocycles. The first-order valence-corrected chi connectivity index (χ1v) is 7.16. The smallest absolute Gasteiger partial charge is 0.0468 e. The van der Waals surface area contributed by atoms with Crippen molar-refractivity contribution in [2.75, 3.05) is 20.3 Å². The maximum Gasteiger partial charge on any atom is 0.0468 e. The monoisotopic (exact) mass is 239 g/mol. The van der Waals surface area contributed by atoms with E-state index in [1.165, 1.54) is 19.3 Å². The van der Waals surface area contributed by atoms with Crippen molar-refractivity contribution in [1.82, 2.24) is 5.32 Å². The van der Waals surface area contributed by atoms with Gasteiger partial charge in [-0.05, 0) is 49.0 Å². The Bertz CT molecular complexity index is 252. The van der Waals surface area contributed by atoms with Gasteiger partial charge < -0.3 is 10.1 Å². The van der Waals surface area contributed by atoms with E-state index >= 15 is 0 Å². The van der Waals surface area contributed by atoms with E-state index in [4.69, 9.17) is 4.74 Å². The molecule has 0 amide bonds. The van der Waals surface area contributed by atoms with Crippen LogP contribution in [0, 0.1) is 22.7 Å². The Morgan fingerprint density at radius 2 is 1.65 bits per heavy atom. The fourth-order valence-corrected chi connectivity index (χ4v) is 4.02. The summed E-state index contributed by atoms with van der Waals surface area (Å²) in [5, 5.41) is 3.58. The fraction of sp³-hybridized carbons (Fsp3) is 1.00. The van der Waals surface area contributed by atoms with Gasteiger partial charge in [0.05, 0.1) is 0 Å². The lowest BCUT2D eigenvalue weighted by molar-refractivity contribution is 0.0592. The summed E-state index contributed by atoms with van der Waals surface area (Å²) in [7, 11) is 2.13. The molecule has 0 aromatic rings. The standard InChI is InChI=1S/C15H29NO/c1-14(2)13(15(14,3)4)12(16-5)10-11-6-8-17-9-7-11/h11-13,16H,6-10H2,1-5H3. The minimum absolute atomic E-state index is 0.492.